The van der Waals surface area contributed by atoms with Gasteiger partial charge in [-0.1, -0.05) is 42.7 Å². The Balaban J connectivity index is 2.18. The minimum Gasteiger partial charge on any atom is -0.383 e. The molecule has 0 spiro atoms. The van der Waals surface area contributed by atoms with Gasteiger partial charge in [0.15, 0.2) is 0 Å². The maximum atomic E-state index is 13.0. The molecule has 3 nitrogen and oxygen atoms in total. The lowest BCUT2D eigenvalue weighted by atomic mass is 9.94. The second-order valence-corrected chi connectivity index (χ2v) is 6.04. The zero-order valence-electron chi connectivity index (χ0n) is 12.8. The lowest BCUT2D eigenvalue weighted by Gasteiger charge is -2.18. The summed E-state index contributed by atoms with van der Waals surface area (Å²) >= 11 is 0. The van der Waals surface area contributed by atoms with E-state index in [-0.39, 0.29) is 11.7 Å². The van der Waals surface area contributed by atoms with Crippen molar-refractivity contribution in [1.29, 1.82) is 0 Å². The summed E-state index contributed by atoms with van der Waals surface area (Å²) < 4.78 is 39.1. The van der Waals surface area contributed by atoms with Crippen molar-refractivity contribution >= 4 is 5.82 Å². The normalized spacial score (nSPS) is 16.0. The summed E-state index contributed by atoms with van der Waals surface area (Å²) in [7, 11) is 0. The summed E-state index contributed by atoms with van der Waals surface area (Å²) in [5.41, 5.74) is 8.73. The molecule has 0 aliphatic heterocycles. The van der Waals surface area contributed by atoms with Crippen LogP contribution in [0.25, 0.3) is 11.1 Å². The van der Waals surface area contributed by atoms with Gasteiger partial charge in [0.05, 0.1) is 5.69 Å². The first kappa shape index (κ1) is 15.8. The van der Waals surface area contributed by atoms with Gasteiger partial charge in [-0.25, -0.2) is 9.97 Å². The van der Waals surface area contributed by atoms with Gasteiger partial charge < -0.3 is 5.73 Å². The van der Waals surface area contributed by atoms with Crippen molar-refractivity contribution in [3.8, 4) is 11.1 Å². The molecule has 23 heavy (non-hydrogen) atoms. The number of anilines is 1. The molecule has 2 N–H and O–H groups in total. The number of hydrogen-bond acceptors (Lipinski definition) is 3. The quantitative estimate of drug-likeness (QED) is 0.871. The molecular formula is C17H18F3N3. The lowest BCUT2D eigenvalue weighted by Crippen LogP contribution is -2.16. The molecule has 1 aromatic heterocycles. The van der Waals surface area contributed by atoms with Gasteiger partial charge in [-0.05, 0) is 25.3 Å². The second-order valence-electron chi connectivity index (χ2n) is 6.04. The fraction of sp³-hybridized carbons (Fsp3) is 0.412. The lowest BCUT2D eigenvalue weighted by molar-refractivity contribution is -0.145. The third kappa shape index (κ3) is 3.16. The largest absolute Gasteiger partial charge is 0.451 e. The molecule has 1 aliphatic carbocycles. The maximum absolute atomic E-state index is 13.0. The monoisotopic (exact) mass is 321 g/mol. The third-order valence-corrected chi connectivity index (χ3v) is 4.30. The highest BCUT2D eigenvalue weighted by Gasteiger charge is 2.37. The van der Waals surface area contributed by atoms with Crippen molar-refractivity contribution in [3.05, 3.63) is 41.3 Å². The average Bonchev–Trinajstić information content (AvgIpc) is 3.01. The van der Waals surface area contributed by atoms with E-state index in [1.165, 1.54) is 0 Å². The first-order valence-electron chi connectivity index (χ1n) is 7.68. The van der Waals surface area contributed by atoms with E-state index >= 15 is 0 Å². The minimum atomic E-state index is -4.59. The number of aryl methyl sites for hydroxylation is 1. The fourth-order valence-corrected chi connectivity index (χ4v) is 3.13. The Kier molecular flexibility index (Phi) is 4.00. The molecule has 0 bridgehead atoms. The van der Waals surface area contributed by atoms with Crippen LogP contribution in [0.2, 0.25) is 0 Å². The van der Waals surface area contributed by atoms with Crippen molar-refractivity contribution in [2.24, 2.45) is 0 Å². The van der Waals surface area contributed by atoms with Gasteiger partial charge in [0.25, 0.3) is 0 Å². The van der Waals surface area contributed by atoms with E-state index < -0.39 is 12.0 Å². The van der Waals surface area contributed by atoms with Gasteiger partial charge in [-0.15, -0.1) is 0 Å². The highest BCUT2D eigenvalue weighted by molar-refractivity contribution is 5.76. The van der Waals surface area contributed by atoms with E-state index in [1.54, 1.807) is 0 Å². The molecule has 1 saturated carbocycles. The van der Waals surface area contributed by atoms with Crippen LogP contribution in [0, 0.1) is 6.92 Å². The van der Waals surface area contributed by atoms with E-state index in [0.717, 1.165) is 36.8 Å². The van der Waals surface area contributed by atoms with E-state index in [9.17, 15) is 13.2 Å². The Morgan fingerprint density at radius 2 is 1.65 bits per heavy atom. The number of nitrogens with zero attached hydrogens (tertiary/aromatic N) is 2. The molecule has 0 saturated heterocycles. The van der Waals surface area contributed by atoms with Crippen molar-refractivity contribution in [3.63, 3.8) is 0 Å². The van der Waals surface area contributed by atoms with Crippen molar-refractivity contribution in [2.45, 2.75) is 44.7 Å². The third-order valence-electron chi connectivity index (χ3n) is 4.30. The predicted molar refractivity (Wildman–Crippen MR) is 82.8 cm³/mol. The highest BCUT2D eigenvalue weighted by Crippen LogP contribution is 2.41. The Hall–Kier alpha value is -2.11. The van der Waals surface area contributed by atoms with E-state index in [4.69, 9.17) is 5.73 Å². The van der Waals surface area contributed by atoms with E-state index in [0.29, 0.717) is 11.3 Å². The first-order valence-corrected chi connectivity index (χ1v) is 7.68. The number of benzene rings is 1. The molecule has 3 rings (SSSR count). The van der Waals surface area contributed by atoms with Crippen LogP contribution in [0.5, 0.6) is 0 Å². The second kappa shape index (κ2) is 5.83. The van der Waals surface area contributed by atoms with Crippen LogP contribution in [0.1, 0.15) is 48.7 Å². The molecule has 0 amide bonds. The zero-order chi connectivity index (χ0) is 16.6. The van der Waals surface area contributed by atoms with Gasteiger partial charge >= 0.3 is 6.18 Å². The molecule has 0 radical (unpaired) electrons. The number of aromatic nitrogens is 2. The van der Waals surface area contributed by atoms with Crippen molar-refractivity contribution in [2.75, 3.05) is 5.73 Å². The Labute approximate surface area is 132 Å². The molecule has 122 valence electrons. The standard InChI is InChI=1S/C17H18F3N3/c1-10-6-8-11(9-7-10)13-14(12-4-2-3-5-12)22-16(17(18,19)20)23-15(13)21/h6-9,12H,2-5H2,1H3,(H2,21,22,23). The molecular weight excluding hydrogens is 303 g/mol. The molecule has 0 atom stereocenters. The molecule has 6 heteroatoms. The van der Waals surface area contributed by atoms with Crippen LogP contribution in [0.4, 0.5) is 19.0 Å². The summed E-state index contributed by atoms with van der Waals surface area (Å²) in [5, 5.41) is 0. The highest BCUT2D eigenvalue weighted by atomic mass is 19.4. The number of nitrogens with two attached hydrogens (primary N) is 1. The summed E-state index contributed by atoms with van der Waals surface area (Å²) in [4.78, 5) is 7.39. The molecule has 1 fully saturated rings. The molecule has 2 aromatic rings. The van der Waals surface area contributed by atoms with Crippen LogP contribution < -0.4 is 5.73 Å². The Morgan fingerprint density at radius 3 is 2.22 bits per heavy atom. The summed E-state index contributed by atoms with van der Waals surface area (Å²) in [6.45, 7) is 1.95. The molecule has 1 aromatic carbocycles. The van der Waals surface area contributed by atoms with Gasteiger partial charge in [-0.2, -0.15) is 13.2 Å². The van der Waals surface area contributed by atoms with Crippen molar-refractivity contribution < 1.29 is 13.2 Å². The Morgan fingerprint density at radius 1 is 1.04 bits per heavy atom. The molecule has 0 unspecified atom stereocenters. The van der Waals surface area contributed by atoms with E-state index in [2.05, 4.69) is 9.97 Å². The number of nitrogen functional groups attached to an aromatic ring is 1. The Bertz CT molecular complexity index is 702. The maximum Gasteiger partial charge on any atom is 0.451 e. The van der Waals surface area contributed by atoms with Gasteiger partial charge in [0.2, 0.25) is 5.82 Å². The smallest absolute Gasteiger partial charge is 0.383 e. The molecule has 1 heterocycles. The van der Waals surface area contributed by atoms with Crippen LogP contribution in [-0.2, 0) is 6.18 Å². The summed E-state index contributed by atoms with van der Waals surface area (Å²) in [5.74, 6) is -1.23. The van der Waals surface area contributed by atoms with E-state index in [1.807, 2.05) is 31.2 Å². The van der Waals surface area contributed by atoms with Crippen LogP contribution in [0.15, 0.2) is 24.3 Å². The van der Waals surface area contributed by atoms with Gasteiger partial charge in [-0.3, -0.25) is 0 Å². The minimum absolute atomic E-state index is 0.0118. The first-order chi connectivity index (χ1) is 10.9. The van der Waals surface area contributed by atoms with Crippen LogP contribution in [0.3, 0.4) is 0 Å². The summed E-state index contributed by atoms with van der Waals surface area (Å²) in [6.07, 6.45) is -0.904. The van der Waals surface area contributed by atoms with Gasteiger partial charge in [0, 0.05) is 11.5 Å². The summed E-state index contributed by atoms with van der Waals surface area (Å²) in [6, 6.07) is 7.53. The number of rotatable bonds is 2. The SMILES string of the molecule is Cc1ccc(-c2c(N)nc(C(F)(F)F)nc2C2CCCC2)cc1. The zero-order valence-corrected chi connectivity index (χ0v) is 12.8. The number of alkyl halides is 3. The van der Waals surface area contributed by atoms with Crippen LogP contribution >= 0.6 is 0 Å². The predicted octanol–water partition coefficient (Wildman–Crippen LogP) is 4.71. The average molecular weight is 321 g/mol. The van der Waals surface area contributed by atoms with Crippen molar-refractivity contribution in [1.82, 2.24) is 9.97 Å². The fourth-order valence-electron chi connectivity index (χ4n) is 3.13. The molecule has 1 aliphatic rings. The van der Waals surface area contributed by atoms with Crippen LogP contribution in [-0.4, -0.2) is 9.97 Å². The number of hydrogen-bond donors (Lipinski definition) is 1. The topological polar surface area (TPSA) is 51.8 Å². The number of halogens is 3. The van der Waals surface area contributed by atoms with Gasteiger partial charge in [0.1, 0.15) is 5.82 Å².